The Morgan fingerprint density at radius 2 is 2.00 bits per heavy atom. The Balaban J connectivity index is 3.34. The maximum absolute atomic E-state index is 13.3. The van der Waals surface area contributed by atoms with Crippen molar-refractivity contribution in [2.45, 2.75) is 5.66 Å². The maximum atomic E-state index is 13.3. The van der Waals surface area contributed by atoms with E-state index in [-0.39, 0.29) is 15.7 Å². The Kier molecular flexibility index (Phi) is 3.96. The van der Waals surface area contributed by atoms with Gasteiger partial charge in [-0.1, -0.05) is 15.9 Å². The van der Waals surface area contributed by atoms with Gasteiger partial charge in [0.05, 0.1) is 0 Å². The summed E-state index contributed by atoms with van der Waals surface area (Å²) in [4.78, 5) is 17.2. The smallest absolute Gasteiger partial charge is 0.339 e. The number of nitrogen functional groups attached to an aromatic ring is 1. The summed E-state index contributed by atoms with van der Waals surface area (Å²) in [6, 6.07) is 1.94. The maximum Gasteiger partial charge on any atom is 0.339 e. The van der Waals surface area contributed by atoms with Gasteiger partial charge in [0.25, 0.3) is 0 Å². The number of nitrogens with one attached hydrogen (secondary N) is 1. The van der Waals surface area contributed by atoms with Gasteiger partial charge >= 0.3 is 5.66 Å². The van der Waals surface area contributed by atoms with E-state index in [0.717, 1.165) is 18.3 Å². The number of anilines is 1. The van der Waals surface area contributed by atoms with Gasteiger partial charge in [-0.15, -0.1) is 0 Å². The molecule has 0 fully saturated rings. The van der Waals surface area contributed by atoms with Crippen molar-refractivity contribution in [3.05, 3.63) is 27.7 Å². The molecule has 0 bridgehead atoms. The van der Waals surface area contributed by atoms with Crippen LogP contribution in [0.5, 0.6) is 0 Å². The summed E-state index contributed by atoms with van der Waals surface area (Å²) < 4.78 is 26.7. The van der Waals surface area contributed by atoms with Gasteiger partial charge in [-0.05, 0) is 12.1 Å². The van der Waals surface area contributed by atoms with Crippen molar-refractivity contribution in [3.63, 3.8) is 0 Å². The van der Waals surface area contributed by atoms with Gasteiger partial charge in [-0.25, -0.2) is 0 Å². The Morgan fingerprint density at radius 1 is 1.44 bits per heavy atom. The summed E-state index contributed by atoms with van der Waals surface area (Å²) in [5, 5.41) is 7.02. The van der Waals surface area contributed by atoms with Crippen LogP contribution < -0.4 is 5.73 Å². The van der Waals surface area contributed by atoms with E-state index < -0.39 is 19.6 Å². The second kappa shape index (κ2) is 4.71. The van der Waals surface area contributed by atoms with E-state index in [1.807, 2.05) is 0 Å². The highest BCUT2D eigenvalue weighted by molar-refractivity contribution is 9.10. The number of halogens is 3. The van der Waals surface area contributed by atoms with Crippen LogP contribution in [0.1, 0.15) is 11.1 Å². The number of rotatable bonds is 3. The minimum Gasteiger partial charge on any atom is -0.398 e. The molecule has 0 aliphatic rings. The van der Waals surface area contributed by atoms with Gasteiger partial charge in [0.15, 0.2) is 0 Å². The molecule has 1 aromatic rings. The topological polar surface area (TPSA) is 90.3 Å². The molecular weight excluding hydrogens is 305 g/mol. The third-order valence-corrected chi connectivity index (χ3v) is 3.32. The Bertz CT molecular complexity index is 405. The number of benzene rings is 1. The molecule has 88 valence electrons. The van der Waals surface area contributed by atoms with Crippen molar-refractivity contribution in [3.8, 4) is 0 Å². The Morgan fingerprint density at radius 3 is 2.38 bits per heavy atom. The first-order valence-corrected chi connectivity index (χ1v) is 6.00. The molecule has 8 heteroatoms. The average molecular weight is 313 g/mol. The minimum atomic E-state index is -3.74. The zero-order chi connectivity index (χ0) is 12.5. The highest BCUT2D eigenvalue weighted by Gasteiger charge is 2.41. The van der Waals surface area contributed by atoms with Gasteiger partial charge in [-0.2, -0.15) is 8.78 Å². The zero-order valence-corrected chi connectivity index (χ0v) is 10.3. The summed E-state index contributed by atoms with van der Waals surface area (Å²) in [7, 11) is -3.43. The molecule has 0 radical (unpaired) electrons. The predicted octanol–water partition coefficient (Wildman–Crippen LogP) is 2.37. The first kappa shape index (κ1) is 13.4. The van der Waals surface area contributed by atoms with E-state index in [2.05, 4.69) is 15.9 Å². The molecule has 0 aromatic heterocycles. The summed E-state index contributed by atoms with van der Waals surface area (Å²) in [5.41, 5.74) is 1.35. The minimum absolute atomic E-state index is 0.0316. The lowest BCUT2D eigenvalue weighted by Gasteiger charge is -2.18. The second-order valence-electron chi connectivity index (χ2n) is 2.94. The summed E-state index contributed by atoms with van der Waals surface area (Å²) in [5.74, 6) is 0. The van der Waals surface area contributed by atoms with Crippen molar-refractivity contribution >= 4 is 36.2 Å². The third-order valence-electron chi connectivity index (χ3n) is 1.90. The molecule has 0 aliphatic carbocycles. The van der Waals surface area contributed by atoms with Crippen LogP contribution in [0.2, 0.25) is 0 Å². The highest BCUT2D eigenvalue weighted by Crippen LogP contribution is 2.53. The molecule has 1 aromatic carbocycles. The number of hydrogen-bond donors (Lipinski definition) is 4. The van der Waals surface area contributed by atoms with Gasteiger partial charge in [0, 0.05) is 27.5 Å². The molecule has 4 nitrogen and oxygen atoms in total. The molecule has 0 heterocycles. The first-order valence-electron chi connectivity index (χ1n) is 3.96. The fourth-order valence-electron chi connectivity index (χ4n) is 1.08. The molecule has 0 aliphatic heterocycles. The molecule has 0 saturated carbocycles. The van der Waals surface area contributed by atoms with Gasteiger partial charge in [0.2, 0.25) is 8.38 Å². The molecule has 0 unspecified atom stereocenters. The molecular formula is C8H8BrF2N2O2P. The van der Waals surface area contributed by atoms with Crippen LogP contribution in [0.15, 0.2) is 16.6 Å². The van der Waals surface area contributed by atoms with Crippen LogP contribution in [0.4, 0.5) is 14.5 Å². The Labute approximate surface area is 99.6 Å². The van der Waals surface area contributed by atoms with E-state index in [4.69, 9.17) is 20.9 Å². The SMILES string of the molecule is N=Cc1c(N)cc(C(F)(F)P(O)O)cc1Br. The van der Waals surface area contributed by atoms with Crippen LogP contribution in [0.3, 0.4) is 0 Å². The van der Waals surface area contributed by atoms with Gasteiger partial charge in [0.1, 0.15) is 0 Å². The molecule has 0 atom stereocenters. The monoisotopic (exact) mass is 312 g/mol. The predicted molar refractivity (Wildman–Crippen MR) is 61.7 cm³/mol. The lowest BCUT2D eigenvalue weighted by molar-refractivity contribution is 0.0732. The van der Waals surface area contributed by atoms with Crippen molar-refractivity contribution < 1.29 is 18.6 Å². The second-order valence-corrected chi connectivity index (χ2v) is 4.93. The van der Waals surface area contributed by atoms with Crippen LogP contribution >= 0.6 is 24.3 Å². The highest BCUT2D eigenvalue weighted by atomic mass is 79.9. The zero-order valence-electron chi connectivity index (χ0n) is 7.78. The van der Waals surface area contributed by atoms with E-state index in [1.54, 1.807) is 0 Å². The largest absolute Gasteiger partial charge is 0.398 e. The third kappa shape index (κ3) is 2.38. The van der Waals surface area contributed by atoms with Crippen molar-refractivity contribution in [2.24, 2.45) is 0 Å². The lowest BCUT2D eigenvalue weighted by Crippen LogP contribution is -2.12. The summed E-state index contributed by atoms with van der Waals surface area (Å²) >= 11 is 2.98. The van der Waals surface area contributed by atoms with Gasteiger partial charge < -0.3 is 20.9 Å². The molecule has 16 heavy (non-hydrogen) atoms. The van der Waals surface area contributed by atoms with Crippen LogP contribution in [-0.4, -0.2) is 16.0 Å². The summed E-state index contributed by atoms with van der Waals surface area (Å²) in [6.45, 7) is 0. The molecule has 5 N–H and O–H groups in total. The van der Waals surface area contributed by atoms with Crippen molar-refractivity contribution in [1.29, 1.82) is 5.41 Å². The van der Waals surface area contributed by atoms with E-state index in [1.165, 1.54) is 0 Å². The van der Waals surface area contributed by atoms with Crippen LogP contribution in [0.25, 0.3) is 0 Å². The Hall–Kier alpha value is -0.620. The normalized spacial score (nSPS) is 11.9. The molecule has 0 amide bonds. The van der Waals surface area contributed by atoms with Crippen LogP contribution in [0, 0.1) is 5.41 Å². The first-order chi connectivity index (χ1) is 7.30. The number of nitrogens with two attached hydrogens (primary N) is 1. The van der Waals surface area contributed by atoms with Crippen molar-refractivity contribution in [1.82, 2.24) is 0 Å². The summed E-state index contributed by atoms with van der Waals surface area (Å²) in [6.07, 6.45) is 0.919. The van der Waals surface area contributed by atoms with Crippen LogP contribution in [-0.2, 0) is 5.66 Å². The fourth-order valence-corrected chi connectivity index (χ4v) is 2.03. The number of alkyl halides is 2. The fraction of sp³-hybridized carbons (Fsp3) is 0.125. The van der Waals surface area contributed by atoms with Gasteiger partial charge in [-0.3, -0.25) is 0 Å². The quantitative estimate of drug-likeness (QED) is 0.392. The lowest BCUT2D eigenvalue weighted by atomic mass is 10.1. The molecule has 1 rings (SSSR count). The molecule has 0 saturated heterocycles. The standard InChI is InChI=1S/C8H8BrF2N2O2P/c9-6-1-4(8(10,11)16(14)15)2-7(13)5(6)3-12/h1-3,12,14-15H,13H2. The van der Waals surface area contributed by atoms with Crippen molar-refractivity contribution in [2.75, 3.05) is 5.73 Å². The molecule has 0 spiro atoms. The van der Waals surface area contributed by atoms with E-state index in [9.17, 15) is 8.78 Å². The van der Waals surface area contributed by atoms with E-state index in [0.29, 0.717) is 0 Å². The number of hydrogen-bond acceptors (Lipinski definition) is 4. The van der Waals surface area contributed by atoms with E-state index >= 15 is 0 Å². The average Bonchev–Trinajstić information content (AvgIpc) is 2.16.